The van der Waals surface area contributed by atoms with E-state index in [1.807, 2.05) is 0 Å². The number of hydrogen-bond donors (Lipinski definition) is 2. The highest BCUT2D eigenvalue weighted by molar-refractivity contribution is 5.45. The average Bonchev–Trinajstić information content (AvgIpc) is 2.88. The van der Waals surface area contributed by atoms with Crippen molar-refractivity contribution in [3.8, 4) is 11.5 Å². The van der Waals surface area contributed by atoms with Gasteiger partial charge in [-0.15, -0.1) is 0 Å². The number of phenols is 2. The summed E-state index contributed by atoms with van der Waals surface area (Å²) in [6.45, 7) is 8.04. The Labute approximate surface area is 108 Å². The van der Waals surface area contributed by atoms with Gasteiger partial charge in [0.2, 0.25) is 0 Å². The molecule has 1 aliphatic rings. The summed E-state index contributed by atoms with van der Waals surface area (Å²) < 4.78 is 5.55. The van der Waals surface area contributed by atoms with Crippen molar-refractivity contribution >= 4 is 0 Å². The van der Waals surface area contributed by atoms with Crippen LogP contribution in [0.15, 0.2) is 12.1 Å². The Kier molecular flexibility index (Phi) is 3.28. The third-order valence-corrected chi connectivity index (χ3v) is 3.90. The van der Waals surface area contributed by atoms with Crippen LogP contribution in [0.3, 0.4) is 0 Å². The van der Waals surface area contributed by atoms with Crippen molar-refractivity contribution in [1.82, 2.24) is 0 Å². The smallest absolute Gasteiger partial charge is 0.119 e. The molecule has 1 heterocycles. The summed E-state index contributed by atoms with van der Waals surface area (Å²) in [5.41, 5.74) is 1.55. The minimum Gasteiger partial charge on any atom is -0.508 e. The number of aromatic hydroxyl groups is 2. The summed E-state index contributed by atoms with van der Waals surface area (Å²) in [5.74, 6) is 0.739. The number of aryl methyl sites for hydroxylation is 1. The lowest BCUT2D eigenvalue weighted by atomic mass is 9.92. The van der Waals surface area contributed by atoms with Crippen molar-refractivity contribution in [2.24, 2.45) is 0 Å². The van der Waals surface area contributed by atoms with Crippen molar-refractivity contribution in [1.29, 1.82) is 0 Å². The Hall–Kier alpha value is -1.22. The molecule has 0 aliphatic carbocycles. The van der Waals surface area contributed by atoms with Crippen LogP contribution in [0, 0.1) is 6.92 Å². The zero-order valence-electron chi connectivity index (χ0n) is 11.5. The Balaban J connectivity index is 2.00. The molecule has 18 heavy (non-hydrogen) atoms. The van der Waals surface area contributed by atoms with E-state index >= 15 is 0 Å². The zero-order valence-corrected chi connectivity index (χ0v) is 11.5. The second-order valence-electron chi connectivity index (χ2n) is 5.89. The topological polar surface area (TPSA) is 53.0 Å². The summed E-state index contributed by atoms with van der Waals surface area (Å²) in [4.78, 5) is 0. The van der Waals surface area contributed by atoms with Crippen LogP contribution in [0.4, 0.5) is 0 Å². The Morgan fingerprint density at radius 1 is 1.28 bits per heavy atom. The average molecular weight is 250 g/mol. The van der Waals surface area contributed by atoms with Gasteiger partial charge in [0.05, 0.1) is 11.7 Å². The van der Waals surface area contributed by atoms with E-state index in [0.29, 0.717) is 11.7 Å². The van der Waals surface area contributed by atoms with Gasteiger partial charge >= 0.3 is 0 Å². The van der Waals surface area contributed by atoms with Crippen molar-refractivity contribution in [2.45, 2.75) is 58.2 Å². The molecule has 0 spiro atoms. The van der Waals surface area contributed by atoms with E-state index in [1.54, 1.807) is 19.1 Å². The first-order valence-corrected chi connectivity index (χ1v) is 6.51. The van der Waals surface area contributed by atoms with Gasteiger partial charge in [0.15, 0.2) is 0 Å². The van der Waals surface area contributed by atoms with Gasteiger partial charge in [-0.1, -0.05) is 6.92 Å². The van der Waals surface area contributed by atoms with Gasteiger partial charge in [-0.2, -0.15) is 0 Å². The van der Waals surface area contributed by atoms with Crippen LogP contribution in [-0.2, 0) is 4.74 Å². The second kappa shape index (κ2) is 4.47. The van der Waals surface area contributed by atoms with Gasteiger partial charge < -0.3 is 14.9 Å². The maximum absolute atomic E-state index is 9.93. The highest BCUT2D eigenvalue weighted by Gasteiger charge is 2.47. The standard InChI is InChI=1S/C15H22O3/c1-9(5-6-14-15(3,4)18-14)11-8-12(16)10(2)7-13(11)17/h7-9,14,16-17H,5-6H2,1-4H3/t9-,14-/m1/s1. The van der Waals surface area contributed by atoms with Gasteiger partial charge in [0, 0.05) is 5.56 Å². The predicted molar refractivity (Wildman–Crippen MR) is 71.1 cm³/mol. The Morgan fingerprint density at radius 2 is 1.89 bits per heavy atom. The van der Waals surface area contributed by atoms with Crippen molar-refractivity contribution in [3.63, 3.8) is 0 Å². The SMILES string of the molecule is Cc1cc(O)c([C@H](C)CC[C@H]2OC2(C)C)cc1O. The molecule has 0 unspecified atom stereocenters. The molecule has 1 saturated heterocycles. The molecule has 0 radical (unpaired) electrons. The maximum atomic E-state index is 9.93. The van der Waals surface area contributed by atoms with E-state index in [-0.39, 0.29) is 23.0 Å². The largest absolute Gasteiger partial charge is 0.508 e. The van der Waals surface area contributed by atoms with Crippen molar-refractivity contribution in [3.05, 3.63) is 23.3 Å². The number of epoxide rings is 1. The lowest BCUT2D eigenvalue weighted by Crippen LogP contribution is -2.04. The number of rotatable bonds is 4. The normalized spacial score (nSPS) is 22.8. The lowest BCUT2D eigenvalue weighted by molar-refractivity contribution is 0.317. The molecule has 3 heteroatoms. The van der Waals surface area contributed by atoms with Crippen LogP contribution in [-0.4, -0.2) is 21.9 Å². The monoisotopic (exact) mass is 250 g/mol. The second-order valence-corrected chi connectivity index (χ2v) is 5.89. The summed E-state index contributed by atoms with van der Waals surface area (Å²) >= 11 is 0. The quantitative estimate of drug-likeness (QED) is 0.635. The molecule has 1 fully saturated rings. The number of benzene rings is 1. The van der Waals surface area contributed by atoms with Crippen molar-refractivity contribution < 1.29 is 14.9 Å². The fraction of sp³-hybridized carbons (Fsp3) is 0.600. The first-order valence-electron chi connectivity index (χ1n) is 6.51. The molecular formula is C15H22O3. The van der Waals surface area contributed by atoms with E-state index in [4.69, 9.17) is 4.74 Å². The van der Waals surface area contributed by atoms with Crippen LogP contribution >= 0.6 is 0 Å². The van der Waals surface area contributed by atoms with Crippen molar-refractivity contribution in [2.75, 3.05) is 0 Å². The molecule has 100 valence electrons. The zero-order chi connectivity index (χ0) is 13.5. The van der Waals surface area contributed by atoms with Gasteiger partial charge in [-0.3, -0.25) is 0 Å². The molecule has 2 rings (SSSR count). The number of phenolic OH excluding ortho intramolecular Hbond substituents is 2. The van der Waals surface area contributed by atoms with E-state index in [0.717, 1.165) is 18.4 Å². The minimum absolute atomic E-state index is 0.0250. The molecule has 1 aromatic carbocycles. The molecule has 0 bridgehead atoms. The first-order chi connectivity index (χ1) is 8.31. The van der Waals surface area contributed by atoms with Gasteiger partial charge in [0.25, 0.3) is 0 Å². The Morgan fingerprint density at radius 3 is 2.44 bits per heavy atom. The molecule has 2 N–H and O–H groups in total. The molecule has 0 amide bonds. The van der Waals surface area contributed by atoms with Crippen LogP contribution in [0.25, 0.3) is 0 Å². The molecule has 0 aromatic heterocycles. The van der Waals surface area contributed by atoms with E-state index in [2.05, 4.69) is 20.8 Å². The van der Waals surface area contributed by atoms with Gasteiger partial charge in [0.1, 0.15) is 11.5 Å². The molecule has 0 saturated carbocycles. The predicted octanol–water partition coefficient (Wildman–Crippen LogP) is 3.47. The number of hydrogen-bond acceptors (Lipinski definition) is 3. The van der Waals surface area contributed by atoms with Crippen LogP contribution < -0.4 is 0 Å². The minimum atomic E-state index is 0.0250. The highest BCUT2D eigenvalue weighted by atomic mass is 16.6. The molecule has 2 atom stereocenters. The fourth-order valence-electron chi connectivity index (χ4n) is 2.39. The summed E-state index contributed by atoms with van der Waals surface area (Å²) in [6.07, 6.45) is 2.27. The molecular weight excluding hydrogens is 228 g/mol. The first kappa shape index (κ1) is 13.2. The van der Waals surface area contributed by atoms with Crippen LogP contribution in [0.2, 0.25) is 0 Å². The lowest BCUT2D eigenvalue weighted by Gasteiger charge is -2.14. The van der Waals surface area contributed by atoms with E-state index < -0.39 is 0 Å². The number of ether oxygens (including phenoxy) is 1. The third-order valence-electron chi connectivity index (χ3n) is 3.90. The Bertz CT molecular complexity index is 451. The van der Waals surface area contributed by atoms with Crippen LogP contribution in [0.5, 0.6) is 11.5 Å². The van der Waals surface area contributed by atoms with Crippen LogP contribution in [0.1, 0.15) is 50.7 Å². The molecule has 1 aromatic rings. The van der Waals surface area contributed by atoms with Gasteiger partial charge in [-0.05, 0) is 57.2 Å². The summed E-state index contributed by atoms with van der Waals surface area (Å²) in [7, 11) is 0. The maximum Gasteiger partial charge on any atom is 0.119 e. The highest BCUT2D eigenvalue weighted by Crippen LogP contribution is 2.41. The third kappa shape index (κ3) is 2.61. The fourth-order valence-corrected chi connectivity index (χ4v) is 2.39. The van der Waals surface area contributed by atoms with E-state index in [9.17, 15) is 10.2 Å². The summed E-state index contributed by atoms with van der Waals surface area (Å²) in [5, 5.41) is 19.6. The van der Waals surface area contributed by atoms with E-state index in [1.165, 1.54) is 0 Å². The summed E-state index contributed by atoms with van der Waals surface area (Å²) in [6, 6.07) is 3.30. The molecule has 3 nitrogen and oxygen atoms in total. The van der Waals surface area contributed by atoms with Gasteiger partial charge in [-0.25, -0.2) is 0 Å². The molecule has 1 aliphatic heterocycles.